The maximum absolute atomic E-state index is 14.1. The number of imidazole rings is 1. The smallest absolute Gasteiger partial charge is 0.460 e. The average Bonchev–Trinajstić information content (AvgIpc) is 3.63. The van der Waals surface area contributed by atoms with Gasteiger partial charge < -0.3 is 40.1 Å². The van der Waals surface area contributed by atoms with E-state index in [1.807, 2.05) is 19.1 Å². The van der Waals surface area contributed by atoms with E-state index in [9.17, 15) is 24.3 Å². The van der Waals surface area contributed by atoms with E-state index in [1.165, 1.54) is 13.3 Å². The maximum Gasteiger partial charge on any atom is 0.509 e. The van der Waals surface area contributed by atoms with Crippen LogP contribution in [0.25, 0.3) is 0 Å². The Morgan fingerprint density at radius 1 is 1.23 bits per heavy atom. The van der Waals surface area contributed by atoms with E-state index in [-0.39, 0.29) is 43.6 Å². The molecule has 3 fully saturated rings. The van der Waals surface area contributed by atoms with Gasteiger partial charge in [-0.25, -0.2) is 19.4 Å². The molecule has 1 aromatic heterocycles. The number of fused-ring (bicyclic) bond motifs is 5. The van der Waals surface area contributed by atoms with Crippen LogP contribution in [-0.2, 0) is 39.8 Å². The fourth-order valence-electron chi connectivity index (χ4n) is 8.85. The number of aromatic amines is 1. The highest BCUT2D eigenvalue weighted by molar-refractivity contribution is 6.17. The summed E-state index contributed by atoms with van der Waals surface area (Å²) in [5.74, 6) is -2.45. The van der Waals surface area contributed by atoms with Crippen molar-refractivity contribution < 1.29 is 43.2 Å². The first-order valence-corrected chi connectivity index (χ1v) is 16.7. The number of carbonyl (C=O) groups is 4. The normalized spacial score (nSPS) is 35.2. The van der Waals surface area contributed by atoms with Crippen molar-refractivity contribution in [3.05, 3.63) is 42.0 Å². The first-order chi connectivity index (χ1) is 22.3. The summed E-state index contributed by atoms with van der Waals surface area (Å²) in [6, 6.07) is -2.41. The Morgan fingerprint density at radius 2 is 2.00 bits per heavy atom. The summed E-state index contributed by atoms with van der Waals surface area (Å²) < 4.78 is 22.8. The van der Waals surface area contributed by atoms with Crippen molar-refractivity contribution in [2.45, 2.75) is 96.1 Å². The molecular formula is C33H45ClN4O9. The molecule has 1 heterocycles. The molecule has 5 N–H and O–H groups in total. The lowest BCUT2D eigenvalue weighted by molar-refractivity contribution is -0.207. The second-order valence-corrected chi connectivity index (χ2v) is 13.8. The molecule has 5 rings (SSSR count). The van der Waals surface area contributed by atoms with Gasteiger partial charge in [-0.3, -0.25) is 4.79 Å². The van der Waals surface area contributed by atoms with Crippen LogP contribution in [0.3, 0.4) is 0 Å². The van der Waals surface area contributed by atoms with Crippen LogP contribution < -0.4 is 11.1 Å². The van der Waals surface area contributed by atoms with E-state index in [2.05, 4.69) is 22.2 Å². The van der Waals surface area contributed by atoms with Gasteiger partial charge in [-0.1, -0.05) is 49.2 Å². The minimum absolute atomic E-state index is 0.0427. The van der Waals surface area contributed by atoms with Gasteiger partial charge in [-0.15, -0.1) is 0 Å². The summed E-state index contributed by atoms with van der Waals surface area (Å²) in [5.41, 5.74) is 4.11. The van der Waals surface area contributed by atoms with Crippen LogP contribution in [0.4, 0.5) is 4.79 Å². The minimum atomic E-state index is -1.75. The second kappa shape index (κ2) is 13.6. The Kier molecular flexibility index (Phi) is 10.1. The molecule has 14 heteroatoms. The SMILES string of the molecule is CCOC(=O)O[C@]1(C(=O)OCCl)CC[C@H]2[C@@H]3CCC4=CC(O)C=C[C@]4(C)[C@H]3[C@@H](OC(=O)C(Cc3cnc[nH]3)NC(=O)C(C)N)C[C@@]21C. The largest absolute Gasteiger partial charge is 0.509 e. The van der Waals surface area contributed by atoms with Crippen molar-refractivity contribution in [1.82, 2.24) is 15.3 Å². The summed E-state index contributed by atoms with van der Waals surface area (Å²) in [7, 11) is 0. The molecule has 4 aliphatic rings. The number of esters is 2. The number of ether oxygens (including phenoxy) is 4. The first-order valence-electron chi connectivity index (χ1n) is 16.2. The number of amides is 1. The van der Waals surface area contributed by atoms with E-state index in [1.54, 1.807) is 19.2 Å². The molecule has 0 spiro atoms. The van der Waals surface area contributed by atoms with E-state index in [0.29, 0.717) is 25.0 Å². The monoisotopic (exact) mass is 676 g/mol. The molecule has 0 bridgehead atoms. The third-order valence-electron chi connectivity index (χ3n) is 11.0. The van der Waals surface area contributed by atoms with Crippen LogP contribution in [0.5, 0.6) is 0 Å². The van der Waals surface area contributed by atoms with Crippen molar-refractivity contribution >= 4 is 35.6 Å². The van der Waals surface area contributed by atoms with Gasteiger partial charge in [-0.05, 0) is 57.8 Å². The van der Waals surface area contributed by atoms with Crippen LogP contribution in [0.15, 0.2) is 36.3 Å². The molecule has 258 valence electrons. The molecule has 10 atom stereocenters. The standard InChI is InChI=1S/C33H45ClN4O9/c1-5-44-30(43)47-33(29(42)45-16-34)11-9-23-22-7-6-19-12-21(39)8-10-31(19,3)26(22)25(14-32(23,33)4)46-28(41)24(38-27(40)18(2)35)13-20-15-36-17-37-20/h8,10,12,15,17-18,21-26,39H,5-7,9,11,13-14,16,35H2,1-4H3,(H,36,37)(H,38,40)/t18?,21?,22-,23-,24?,25-,26+,31-,32-,33-/m0/s1. The number of hydrogen-bond acceptors (Lipinski definition) is 11. The lowest BCUT2D eigenvalue weighted by Gasteiger charge is -2.60. The molecule has 13 nitrogen and oxygen atoms in total. The highest BCUT2D eigenvalue weighted by Gasteiger charge is 2.72. The number of nitrogens with one attached hydrogen (secondary N) is 2. The van der Waals surface area contributed by atoms with Crippen LogP contribution in [0, 0.1) is 28.6 Å². The van der Waals surface area contributed by atoms with Gasteiger partial charge in [0, 0.05) is 35.1 Å². The number of aliphatic hydroxyl groups excluding tert-OH is 1. The average molecular weight is 677 g/mol. The number of H-pyrrole nitrogens is 1. The predicted octanol–water partition coefficient (Wildman–Crippen LogP) is 3.06. The zero-order valence-corrected chi connectivity index (χ0v) is 28.0. The van der Waals surface area contributed by atoms with Crippen molar-refractivity contribution in [1.29, 1.82) is 0 Å². The fraction of sp³-hybridized carbons (Fsp3) is 0.667. The summed E-state index contributed by atoms with van der Waals surface area (Å²) >= 11 is 5.86. The lowest BCUT2D eigenvalue weighted by atomic mass is 9.46. The van der Waals surface area contributed by atoms with E-state index < -0.39 is 70.8 Å². The summed E-state index contributed by atoms with van der Waals surface area (Å²) in [5, 5.41) is 13.2. The molecule has 1 aromatic rings. The maximum atomic E-state index is 14.1. The van der Waals surface area contributed by atoms with Gasteiger partial charge >= 0.3 is 18.1 Å². The Hall–Kier alpha value is -3.42. The number of carbonyl (C=O) groups excluding carboxylic acids is 4. The summed E-state index contributed by atoms with van der Waals surface area (Å²) in [6.45, 7) is 7.16. The van der Waals surface area contributed by atoms with Gasteiger partial charge in [0.15, 0.2) is 6.07 Å². The van der Waals surface area contributed by atoms with Gasteiger partial charge in [0.05, 0.1) is 25.1 Å². The van der Waals surface area contributed by atoms with Crippen LogP contribution in [0.2, 0.25) is 0 Å². The minimum Gasteiger partial charge on any atom is -0.460 e. The number of hydrogen-bond donors (Lipinski definition) is 4. The van der Waals surface area contributed by atoms with Crippen molar-refractivity contribution in [2.24, 2.45) is 34.3 Å². The van der Waals surface area contributed by atoms with E-state index >= 15 is 0 Å². The van der Waals surface area contributed by atoms with Crippen molar-refractivity contribution in [2.75, 3.05) is 12.7 Å². The van der Waals surface area contributed by atoms with Gasteiger partial charge in [-0.2, -0.15) is 0 Å². The molecule has 3 unspecified atom stereocenters. The number of nitrogens with two attached hydrogens (primary N) is 1. The Balaban J connectivity index is 1.57. The number of nitrogens with zero attached hydrogens (tertiary/aromatic N) is 1. The summed E-state index contributed by atoms with van der Waals surface area (Å²) in [6.07, 6.45) is 8.41. The molecule has 4 aliphatic carbocycles. The predicted molar refractivity (Wildman–Crippen MR) is 168 cm³/mol. The third kappa shape index (κ3) is 6.29. The van der Waals surface area contributed by atoms with Crippen LogP contribution >= 0.6 is 11.6 Å². The molecule has 0 aliphatic heterocycles. The van der Waals surface area contributed by atoms with Crippen LogP contribution in [-0.4, -0.2) is 81.6 Å². The van der Waals surface area contributed by atoms with Crippen molar-refractivity contribution in [3.63, 3.8) is 0 Å². The third-order valence-corrected chi connectivity index (χ3v) is 11.1. The molecule has 0 saturated heterocycles. The highest BCUT2D eigenvalue weighted by atomic mass is 35.5. The number of alkyl halides is 1. The lowest BCUT2D eigenvalue weighted by Crippen LogP contribution is -2.63. The molecule has 3 saturated carbocycles. The molecule has 0 aromatic carbocycles. The number of aliphatic hydroxyl groups is 1. The van der Waals surface area contributed by atoms with Gasteiger partial charge in [0.25, 0.3) is 0 Å². The second-order valence-electron chi connectivity index (χ2n) is 13.6. The number of halogens is 1. The fourth-order valence-corrected chi connectivity index (χ4v) is 8.95. The topological polar surface area (TPSA) is 192 Å². The number of rotatable bonds is 10. The van der Waals surface area contributed by atoms with E-state index in [4.69, 9.17) is 36.3 Å². The van der Waals surface area contributed by atoms with Gasteiger partial charge in [0.1, 0.15) is 12.1 Å². The Bertz CT molecular complexity index is 1420. The number of aromatic nitrogens is 2. The number of allylic oxidation sites excluding steroid dienone is 2. The molecular weight excluding hydrogens is 632 g/mol. The van der Waals surface area contributed by atoms with Crippen LogP contribution in [0.1, 0.15) is 65.5 Å². The Morgan fingerprint density at radius 3 is 2.66 bits per heavy atom. The zero-order valence-electron chi connectivity index (χ0n) is 27.2. The highest BCUT2D eigenvalue weighted by Crippen LogP contribution is 2.68. The van der Waals surface area contributed by atoms with Crippen molar-refractivity contribution in [3.8, 4) is 0 Å². The van der Waals surface area contributed by atoms with Gasteiger partial charge in [0.2, 0.25) is 11.5 Å². The zero-order chi connectivity index (χ0) is 34.1. The first kappa shape index (κ1) is 34.9. The molecule has 47 heavy (non-hydrogen) atoms. The molecule has 1 amide bonds. The summed E-state index contributed by atoms with van der Waals surface area (Å²) in [4.78, 5) is 60.5. The van der Waals surface area contributed by atoms with E-state index in [0.717, 1.165) is 5.57 Å². The quantitative estimate of drug-likeness (QED) is 0.123. The Labute approximate surface area is 278 Å². The molecule has 0 radical (unpaired) electrons.